The fourth-order valence-electron chi connectivity index (χ4n) is 2.92. The lowest BCUT2D eigenvalue weighted by Crippen LogP contribution is -2.24. The number of rotatable bonds is 7. The van der Waals surface area contributed by atoms with E-state index in [4.69, 9.17) is 0 Å². The average molecular weight is 428 g/mol. The lowest BCUT2D eigenvalue weighted by atomic mass is 10.2. The normalized spacial score (nSPS) is 11.2. The second kappa shape index (κ2) is 8.86. The van der Waals surface area contributed by atoms with Crippen LogP contribution in [0.3, 0.4) is 0 Å². The van der Waals surface area contributed by atoms with Gasteiger partial charge in [0.15, 0.2) is 5.16 Å². The number of hydrogen-bond acceptors (Lipinski definition) is 6. The van der Waals surface area contributed by atoms with Crippen molar-refractivity contribution in [3.8, 4) is 10.6 Å². The molecular formula is C21H18FN3O2S2. The standard InChI is InChI=1S/C21H18FN3O2S2/c22-15-8-6-14(7-9-15)19-23-16(12-28-19)13-29-21-24-18-5-2-1-4-17(18)20(27)25(21)10-3-11-26/h1-2,4-9,12,26H,3,10-11,13H2. The highest BCUT2D eigenvalue weighted by Gasteiger charge is 2.13. The number of halogens is 1. The number of aliphatic hydroxyl groups excluding tert-OH is 1. The van der Waals surface area contributed by atoms with Gasteiger partial charge in [-0.05, 0) is 42.8 Å². The van der Waals surface area contributed by atoms with Crippen molar-refractivity contribution in [3.63, 3.8) is 0 Å². The van der Waals surface area contributed by atoms with Crippen LogP contribution in [0.25, 0.3) is 21.5 Å². The van der Waals surface area contributed by atoms with Crippen molar-refractivity contribution in [1.29, 1.82) is 0 Å². The Kier molecular flexibility index (Phi) is 6.03. The second-order valence-corrected chi connectivity index (χ2v) is 8.19. The number of fused-ring (bicyclic) bond motifs is 1. The van der Waals surface area contributed by atoms with Crippen LogP contribution in [0.1, 0.15) is 12.1 Å². The van der Waals surface area contributed by atoms with Crippen LogP contribution in [0, 0.1) is 5.82 Å². The molecule has 0 aliphatic carbocycles. The van der Waals surface area contributed by atoms with Crippen LogP contribution in [0.4, 0.5) is 4.39 Å². The van der Waals surface area contributed by atoms with Gasteiger partial charge in [-0.25, -0.2) is 14.4 Å². The Hall–Kier alpha value is -2.55. The molecule has 0 fully saturated rings. The van der Waals surface area contributed by atoms with E-state index in [0.717, 1.165) is 16.3 Å². The summed E-state index contributed by atoms with van der Waals surface area (Å²) in [6.45, 7) is 0.421. The third kappa shape index (κ3) is 4.39. The maximum atomic E-state index is 13.1. The molecule has 1 N–H and O–H groups in total. The van der Waals surface area contributed by atoms with E-state index >= 15 is 0 Å². The molecule has 4 aromatic rings. The number of nitrogens with zero attached hydrogens (tertiary/aromatic N) is 3. The number of aromatic nitrogens is 3. The molecule has 4 rings (SSSR count). The summed E-state index contributed by atoms with van der Waals surface area (Å²) in [6, 6.07) is 13.5. The number of thiazole rings is 1. The maximum absolute atomic E-state index is 13.1. The minimum Gasteiger partial charge on any atom is -0.396 e. The number of para-hydroxylation sites is 1. The highest BCUT2D eigenvalue weighted by Crippen LogP contribution is 2.28. The summed E-state index contributed by atoms with van der Waals surface area (Å²) < 4.78 is 14.7. The van der Waals surface area contributed by atoms with Crippen molar-refractivity contribution in [2.75, 3.05) is 6.61 Å². The first kappa shape index (κ1) is 19.8. The van der Waals surface area contributed by atoms with Crippen LogP contribution in [0.15, 0.2) is 63.9 Å². The first-order valence-electron chi connectivity index (χ1n) is 9.09. The van der Waals surface area contributed by atoms with Crippen molar-refractivity contribution in [2.45, 2.75) is 23.9 Å². The number of thioether (sulfide) groups is 1. The minimum atomic E-state index is -0.274. The summed E-state index contributed by atoms with van der Waals surface area (Å²) in [7, 11) is 0. The second-order valence-electron chi connectivity index (χ2n) is 6.39. The SMILES string of the molecule is O=c1c2ccccc2nc(SCc2csc(-c3ccc(F)cc3)n2)n1CCCO. The van der Waals surface area contributed by atoms with Crippen LogP contribution in [-0.4, -0.2) is 26.2 Å². The Morgan fingerprint density at radius 1 is 1.10 bits per heavy atom. The van der Waals surface area contributed by atoms with E-state index in [2.05, 4.69) is 9.97 Å². The summed E-state index contributed by atoms with van der Waals surface area (Å²) in [5, 5.41) is 13.2. The molecule has 2 heterocycles. The lowest BCUT2D eigenvalue weighted by Gasteiger charge is -2.12. The summed E-state index contributed by atoms with van der Waals surface area (Å²) in [5.74, 6) is 0.283. The highest BCUT2D eigenvalue weighted by atomic mass is 32.2. The topological polar surface area (TPSA) is 68.0 Å². The molecule has 8 heteroatoms. The fourth-order valence-corrected chi connectivity index (χ4v) is 4.77. The van der Waals surface area contributed by atoms with E-state index in [9.17, 15) is 14.3 Å². The van der Waals surface area contributed by atoms with Gasteiger partial charge in [0.1, 0.15) is 10.8 Å². The van der Waals surface area contributed by atoms with Crippen LogP contribution in [0.2, 0.25) is 0 Å². The van der Waals surface area contributed by atoms with Crippen LogP contribution < -0.4 is 5.56 Å². The number of hydrogen-bond donors (Lipinski definition) is 1. The number of aliphatic hydroxyl groups is 1. The van der Waals surface area contributed by atoms with Gasteiger partial charge in [0, 0.05) is 29.8 Å². The van der Waals surface area contributed by atoms with E-state index in [1.54, 1.807) is 22.8 Å². The first-order valence-corrected chi connectivity index (χ1v) is 11.0. The molecule has 0 aliphatic heterocycles. The van der Waals surface area contributed by atoms with E-state index < -0.39 is 0 Å². The highest BCUT2D eigenvalue weighted by molar-refractivity contribution is 7.98. The van der Waals surface area contributed by atoms with E-state index in [1.807, 2.05) is 23.6 Å². The maximum Gasteiger partial charge on any atom is 0.262 e. The smallest absolute Gasteiger partial charge is 0.262 e. The molecule has 0 radical (unpaired) electrons. The molecule has 0 unspecified atom stereocenters. The van der Waals surface area contributed by atoms with Crippen LogP contribution in [-0.2, 0) is 12.3 Å². The fraction of sp³-hybridized carbons (Fsp3) is 0.190. The molecule has 29 heavy (non-hydrogen) atoms. The Labute approximate surface area is 174 Å². The van der Waals surface area contributed by atoms with Crippen molar-refractivity contribution in [3.05, 3.63) is 75.8 Å². The summed E-state index contributed by atoms with van der Waals surface area (Å²) in [4.78, 5) is 22.1. The first-order chi connectivity index (χ1) is 14.2. The monoisotopic (exact) mass is 427 g/mol. The molecular weight excluding hydrogens is 409 g/mol. The van der Waals surface area contributed by atoms with Gasteiger partial charge in [-0.1, -0.05) is 23.9 Å². The molecule has 0 spiro atoms. The molecule has 0 saturated carbocycles. The molecule has 0 atom stereocenters. The van der Waals surface area contributed by atoms with Gasteiger partial charge in [0.25, 0.3) is 5.56 Å². The number of benzene rings is 2. The van der Waals surface area contributed by atoms with E-state index in [-0.39, 0.29) is 18.0 Å². The summed E-state index contributed by atoms with van der Waals surface area (Å²) in [5.41, 5.74) is 2.30. The lowest BCUT2D eigenvalue weighted by molar-refractivity contribution is 0.276. The van der Waals surface area contributed by atoms with Gasteiger partial charge in [-0.2, -0.15) is 0 Å². The van der Waals surface area contributed by atoms with Gasteiger partial charge in [0.2, 0.25) is 0 Å². The molecule has 0 bridgehead atoms. The zero-order chi connectivity index (χ0) is 20.2. The molecule has 2 aromatic carbocycles. The van der Waals surface area contributed by atoms with Crippen molar-refractivity contribution in [2.24, 2.45) is 0 Å². The van der Waals surface area contributed by atoms with Crippen LogP contribution in [0.5, 0.6) is 0 Å². The van der Waals surface area contributed by atoms with E-state index in [1.165, 1.54) is 35.2 Å². The summed E-state index contributed by atoms with van der Waals surface area (Å²) in [6.07, 6.45) is 0.485. The van der Waals surface area contributed by atoms with Gasteiger partial charge in [0.05, 0.1) is 16.6 Å². The molecule has 148 valence electrons. The van der Waals surface area contributed by atoms with Gasteiger partial charge < -0.3 is 5.11 Å². The largest absolute Gasteiger partial charge is 0.396 e. The molecule has 0 amide bonds. The third-order valence-corrected chi connectivity index (χ3v) is 6.31. The average Bonchev–Trinajstić information content (AvgIpc) is 3.21. The molecule has 0 aliphatic rings. The van der Waals surface area contributed by atoms with E-state index in [0.29, 0.717) is 34.8 Å². The molecule has 2 aromatic heterocycles. The Morgan fingerprint density at radius 2 is 1.90 bits per heavy atom. The minimum absolute atomic E-state index is 0.0104. The van der Waals surface area contributed by atoms with Crippen molar-refractivity contribution < 1.29 is 9.50 Å². The van der Waals surface area contributed by atoms with Crippen molar-refractivity contribution in [1.82, 2.24) is 14.5 Å². The predicted octanol–water partition coefficient (Wildman–Crippen LogP) is 4.33. The predicted molar refractivity (Wildman–Crippen MR) is 115 cm³/mol. The zero-order valence-corrected chi connectivity index (χ0v) is 17.0. The third-order valence-electron chi connectivity index (χ3n) is 4.36. The molecule has 5 nitrogen and oxygen atoms in total. The van der Waals surface area contributed by atoms with Gasteiger partial charge >= 0.3 is 0 Å². The Bertz CT molecular complexity index is 1190. The van der Waals surface area contributed by atoms with Gasteiger partial charge in [-0.3, -0.25) is 9.36 Å². The zero-order valence-electron chi connectivity index (χ0n) is 15.4. The van der Waals surface area contributed by atoms with Crippen molar-refractivity contribution >= 4 is 34.0 Å². The summed E-state index contributed by atoms with van der Waals surface area (Å²) >= 11 is 2.94. The Balaban J connectivity index is 1.59. The molecule has 0 saturated heterocycles. The Morgan fingerprint density at radius 3 is 2.69 bits per heavy atom. The quantitative estimate of drug-likeness (QED) is 0.351. The van der Waals surface area contributed by atoms with Gasteiger partial charge in [-0.15, -0.1) is 11.3 Å². The van der Waals surface area contributed by atoms with Crippen LogP contribution >= 0.6 is 23.1 Å².